The van der Waals surface area contributed by atoms with Gasteiger partial charge in [0.2, 0.25) is 5.28 Å². The second kappa shape index (κ2) is 4.15. The third-order valence-corrected chi connectivity index (χ3v) is 2.67. The summed E-state index contributed by atoms with van der Waals surface area (Å²) in [6, 6.07) is 5.77. The highest BCUT2D eigenvalue weighted by Gasteiger charge is 2.04. The van der Waals surface area contributed by atoms with E-state index in [1.54, 1.807) is 6.20 Å². The van der Waals surface area contributed by atoms with Crippen LogP contribution in [-0.4, -0.2) is 20.2 Å². The van der Waals surface area contributed by atoms with Crippen molar-refractivity contribution in [1.82, 2.24) is 20.2 Å². The molecule has 6 nitrogen and oxygen atoms in total. The van der Waals surface area contributed by atoms with Gasteiger partial charge in [-0.25, -0.2) is 4.98 Å². The third-order valence-electron chi connectivity index (χ3n) is 2.49. The van der Waals surface area contributed by atoms with Crippen molar-refractivity contribution in [2.45, 2.75) is 0 Å². The average molecular weight is 261 g/mol. The number of H-pyrrole nitrogens is 1. The molecule has 2 heterocycles. The highest BCUT2D eigenvalue weighted by Crippen LogP contribution is 2.23. The minimum absolute atomic E-state index is 0.148. The Kier molecular flexibility index (Phi) is 2.49. The smallest absolute Gasteiger partial charge is 0.224 e. The summed E-state index contributed by atoms with van der Waals surface area (Å²) in [5.74, 6) is 0.480. The number of halogens is 1. The van der Waals surface area contributed by atoms with Crippen LogP contribution in [0.25, 0.3) is 10.9 Å². The second-order valence-corrected chi connectivity index (χ2v) is 4.08. The molecule has 0 bridgehead atoms. The molecule has 0 aliphatic heterocycles. The minimum atomic E-state index is 0.148. The number of nitrogens with two attached hydrogens (primary N) is 1. The standard InChI is InChI=1S/C11H9ClN6/c12-11-14-5-8(13)10(17-11)16-7-2-1-6-4-15-18-9(6)3-7/h1-5H,13H2,(H,15,18)(H,14,16,17). The molecule has 1 aromatic carbocycles. The van der Waals surface area contributed by atoms with Gasteiger partial charge in [0.05, 0.1) is 23.6 Å². The fourth-order valence-corrected chi connectivity index (χ4v) is 1.75. The largest absolute Gasteiger partial charge is 0.394 e. The number of anilines is 3. The van der Waals surface area contributed by atoms with Crippen LogP contribution in [0.5, 0.6) is 0 Å². The number of nitrogens with zero attached hydrogens (tertiary/aromatic N) is 3. The molecule has 0 aliphatic rings. The van der Waals surface area contributed by atoms with E-state index in [0.717, 1.165) is 16.6 Å². The van der Waals surface area contributed by atoms with Gasteiger partial charge in [0.15, 0.2) is 5.82 Å². The monoisotopic (exact) mass is 260 g/mol. The summed E-state index contributed by atoms with van der Waals surface area (Å²) in [4.78, 5) is 7.82. The molecular formula is C11H9ClN6. The number of fused-ring (bicyclic) bond motifs is 1. The van der Waals surface area contributed by atoms with Crippen LogP contribution in [0.4, 0.5) is 17.2 Å². The molecule has 0 spiro atoms. The summed E-state index contributed by atoms with van der Waals surface area (Å²) in [6.45, 7) is 0. The summed E-state index contributed by atoms with van der Waals surface area (Å²) in [5.41, 5.74) is 7.97. The van der Waals surface area contributed by atoms with E-state index in [1.165, 1.54) is 6.20 Å². The van der Waals surface area contributed by atoms with Crippen LogP contribution in [-0.2, 0) is 0 Å². The minimum Gasteiger partial charge on any atom is -0.394 e. The third kappa shape index (κ3) is 1.93. The molecule has 0 fully saturated rings. The lowest BCUT2D eigenvalue weighted by molar-refractivity contribution is 1.12. The zero-order valence-corrected chi connectivity index (χ0v) is 9.94. The molecule has 0 saturated heterocycles. The number of benzene rings is 1. The van der Waals surface area contributed by atoms with Crippen LogP contribution >= 0.6 is 11.6 Å². The number of hydrogen-bond acceptors (Lipinski definition) is 5. The van der Waals surface area contributed by atoms with E-state index in [1.807, 2.05) is 18.2 Å². The normalized spacial score (nSPS) is 10.7. The first kappa shape index (κ1) is 10.8. The zero-order valence-electron chi connectivity index (χ0n) is 9.18. The molecule has 18 heavy (non-hydrogen) atoms. The van der Waals surface area contributed by atoms with Crippen molar-refractivity contribution in [2.75, 3.05) is 11.1 Å². The van der Waals surface area contributed by atoms with Gasteiger partial charge in [-0.05, 0) is 29.8 Å². The van der Waals surface area contributed by atoms with E-state index >= 15 is 0 Å². The fraction of sp³-hybridized carbons (Fsp3) is 0. The van der Waals surface area contributed by atoms with E-state index in [0.29, 0.717) is 11.5 Å². The molecule has 0 aliphatic carbocycles. The van der Waals surface area contributed by atoms with Gasteiger partial charge in [-0.3, -0.25) is 5.10 Å². The predicted octanol–water partition coefficient (Wildman–Crippen LogP) is 2.33. The summed E-state index contributed by atoms with van der Waals surface area (Å²) in [7, 11) is 0. The van der Waals surface area contributed by atoms with Gasteiger partial charge in [0.25, 0.3) is 0 Å². The van der Waals surface area contributed by atoms with Crippen molar-refractivity contribution in [2.24, 2.45) is 0 Å². The highest BCUT2D eigenvalue weighted by molar-refractivity contribution is 6.28. The molecule has 90 valence electrons. The van der Waals surface area contributed by atoms with E-state index < -0.39 is 0 Å². The average Bonchev–Trinajstić information content (AvgIpc) is 2.81. The van der Waals surface area contributed by atoms with Crippen molar-refractivity contribution in [3.63, 3.8) is 0 Å². The lowest BCUT2D eigenvalue weighted by Gasteiger charge is -2.07. The van der Waals surface area contributed by atoms with Gasteiger partial charge in [-0.1, -0.05) is 0 Å². The van der Waals surface area contributed by atoms with Crippen LogP contribution in [0, 0.1) is 0 Å². The van der Waals surface area contributed by atoms with Crippen molar-refractivity contribution < 1.29 is 0 Å². The Hall–Kier alpha value is -2.34. The zero-order chi connectivity index (χ0) is 12.5. The molecule has 0 atom stereocenters. The van der Waals surface area contributed by atoms with Crippen molar-refractivity contribution in [3.05, 3.63) is 35.9 Å². The van der Waals surface area contributed by atoms with E-state index in [-0.39, 0.29) is 5.28 Å². The Morgan fingerprint density at radius 2 is 2.17 bits per heavy atom. The summed E-state index contributed by atoms with van der Waals surface area (Å²) >= 11 is 5.73. The van der Waals surface area contributed by atoms with Crippen molar-refractivity contribution >= 4 is 39.7 Å². The summed E-state index contributed by atoms with van der Waals surface area (Å²) < 4.78 is 0. The maximum absolute atomic E-state index is 5.76. The predicted molar refractivity (Wildman–Crippen MR) is 70.8 cm³/mol. The summed E-state index contributed by atoms with van der Waals surface area (Å²) in [6.07, 6.45) is 3.22. The van der Waals surface area contributed by atoms with Crippen molar-refractivity contribution in [1.29, 1.82) is 0 Å². The molecule has 0 saturated carbocycles. The molecule has 4 N–H and O–H groups in total. The SMILES string of the molecule is Nc1cnc(Cl)nc1Nc1ccc2cn[nH]c2c1. The Morgan fingerprint density at radius 3 is 3.06 bits per heavy atom. The highest BCUT2D eigenvalue weighted by atomic mass is 35.5. The lowest BCUT2D eigenvalue weighted by Crippen LogP contribution is -2.00. The number of aromatic amines is 1. The Labute approximate surface area is 107 Å². The van der Waals surface area contributed by atoms with Gasteiger partial charge >= 0.3 is 0 Å². The number of rotatable bonds is 2. The summed E-state index contributed by atoms with van der Waals surface area (Å²) in [5, 5.41) is 11.1. The molecule has 2 aromatic heterocycles. The van der Waals surface area contributed by atoms with Gasteiger partial charge in [0.1, 0.15) is 0 Å². The van der Waals surface area contributed by atoms with Gasteiger partial charge in [-0.2, -0.15) is 10.1 Å². The first-order valence-corrected chi connectivity index (χ1v) is 5.58. The maximum atomic E-state index is 5.76. The number of aromatic nitrogens is 4. The fourth-order valence-electron chi connectivity index (χ4n) is 1.62. The number of hydrogen-bond donors (Lipinski definition) is 3. The van der Waals surface area contributed by atoms with Crippen LogP contribution in [0.15, 0.2) is 30.6 Å². The Balaban J connectivity index is 1.97. The molecule has 3 aromatic rings. The topological polar surface area (TPSA) is 92.5 Å². The van der Waals surface area contributed by atoms with Gasteiger partial charge in [-0.15, -0.1) is 0 Å². The van der Waals surface area contributed by atoms with Crippen LogP contribution in [0.3, 0.4) is 0 Å². The van der Waals surface area contributed by atoms with Gasteiger partial charge < -0.3 is 11.1 Å². The molecular weight excluding hydrogens is 252 g/mol. The Bertz CT molecular complexity index is 708. The van der Waals surface area contributed by atoms with Crippen LogP contribution in [0.2, 0.25) is 5.28 Å². The van der Waals surface area contributed by atoms with E-state index in [4.69, 9.17) is 17.3 Å². The van der Waals surface area contributed by atoms with E-state index in [2.05, 4.69) is 25.5 Å². The molecule has 3 rings (SSSR count). The number of nitrogens with one attached hydrogen (secondary N) is 2. The first-order chi connectivity index (χ1) is 8.72. The van der Waals surface area contributed by atoms with Crippen LogP contribution < -0.4 is 11.1 Å². The number of nitrogen functional groups attached to an aromatic ring is 1. The lowest BCUT2D eigenvalue weighted by atomic mass is 10.2. The molecule has 0 radical (unpaired) electrons. The first-order valence-electron chi connectivity index (χ1n) is 5.20. The van der Waals surface area contributed by atoms with Gasteiger partial charge in [0, 0.05) is 11.1 Å². The maximum Gasteiger partial charge on any atom is 0.224 e. The molecule has 0 amide bonds. The Morgan fingerprint density at radius 1 is 1.28 bits per heavy atom. The van der Waals surface area contributed by atoms with E-state index in [9.17, 15) is 0 Å². The molecule has 7 heteroatoms. The quantitative estimate of drug-likeness (QED) is 0.615. The molecule has 0 unspecified atom stereocenters. The second-order valence-electron chi connectivity index (χ2n) is 3.74. The van der Waals surface area contributed by atoms with Crippen LogP contribution in [0.1, 0.15) is 0 Å². The van der Waals surface area contributed by atoms with Crippen molar-refractivity contribution in [3.8, 4) is 0 Å².